The average molecular weight is 343 g/mol. The van der Waals surface area contributed by atoms with Gasteiger partial charge in [0.05, 0.1) is 5.60 Å². The Labute approximate surface area is 150 Å². The molecular weight excluding hydrogens is 314 g/mol. The molecule has 25 heavy (non-hydrogen) atoms. The summed E-state index contributed by atoms with van der Waals surface area (Å²) in [6.07, 6.45) is 0.848. The molecule has 2 aromatic rings. The van der Waals surface area contributed by atoms with Crippen molar-refractivity contribution in [1.82, 2.24) is 5.32 Å². The van der Waals surface area contributed by atoms with Gasteiger partial charge in [-0.2, -0.15) is 0 Å². The summed E-state index contributed by atoms with van der Waals surface area (Å²) >= 11 is 0. The van der Waals surface area contributed by atoms with Crippen molar-refractivity contribution in [2.75, 3.05) is 13.6 Å². The Balaban J connectivity index is 0.000000550. The number of rotatable bonds is 7. The van der Waals surface area contributed by atoms with Gasteiger partial charge in [-0.25, -0.2) is 0 Å². The van der Waals surface area contributed by atoms with Gasteiger partial charge in [0, 0.05) is 25.3 Å². The molecule has 0 aliphatic rings. The first kappa shape index (κ1) is 20.9. The summed E-state index contributed by atoms with van der Waals surface area (Å²) in [5.74, 6) is -0.625. The Kier molecular flexibility index (Phi) is 8.89. The van der Waals surface area contributed by atoms with E-state index >= 15 is 0 Å². The largest absolute Gasteiger partial charge is 0.481 e. The number of carboxylic acid groups (broad SMARTS) is 1. The highest BCUT2D eigenvalue weighted by Crippen LogP contribution is 2.33. The zero-order chi connectivity index (χ0) is 18.7. The van der Waals surface area contributed by atoms with Gasteiger partial charge in [0.2, 0.25) is 0 Å². The van der Waals surface area contributed by atoms with Crippen LogP contribution in [0.5, 0.6) is 0 Å². The van der Waals surface area contributed by atoms with Crippen molar-refractivity contribution in [3.63, 3.8) is 0 Å². The molecule has 4 heteroatoms. The third-order valence-electron chi connectivity index (χ3n) is 4.22. The number of aliphatic hydroxyl groups is 1. The van der Waals surface area contributed by atoms with Crippen molar-refractivity contribution in [1.29, 1.82) is 0 Å². The van der Waals surface area contributed by atoms with Crippen LogP contribution in [0.4, 0.5) is 0 Å². The van der Waals surface area contributed by atoms with Gasteiger partial charge in [0.25, 0.3) is 0 Å². The molecule has 0 aromatic heterocycles. The molecule has 2 aromatic carbocycles. The summed E-state index contributed by atoms with van der Waals surface area (Å²) in [5.41, 5.74) is 1.28. The lowest BCUT2D eigenvalue weighted by Gasteiger charge is -2.35. The maximum Gasteiger partial charge on any atom is 0.303 e. The Bertz CT molecular complexity index is 616. The molecule has 2 rings (SSSR count). The molecule has 136 valence electrons. The summed E-state index contributed by atoms with van der Waals surface area (Å²) in [7, 11) is 1.92. The second-order valence-corrected chi connectivity index (χ2v) is 6.16. The highest BCUT2D eigenvalue weighted by molar-refractivity contribution is 5.66. The molecule has 0 radical (unpaired) electrons. The van der Waals surface area contributed by atoms with E-state index in [4.69, 9.17) is 5.11 Å². The van der Waals surface area contributed by atoms with Crippen molar-refractivity contribution in [2.45, 2.75) is 32.3 Å². The van der Waals surface area contributed by atoms with Crippen molar-refractivity contribution >= 4 is 5.97 Å². The number of aliphatic carboxylic acids is 1. The van der Waals surface area contributed by atoms with Crippen molar-refractivity contribution in [2.24, 2.45) is 5.92 Å². The number of hydrogen-bond donors (Lipinski definition) is 3. The van der Waals surface area contributed by atoms with Gasteiger partial charge in [0.15, 0.2) is 0 Å². The molecule has 0 saturated carbocycles. The fourth-order valence-corrected chi connectivity index (χ4v) is 2.67. The Morgan fingerprint density at radius 3 is 2.00 bits per heavy atom. The average Bonchev–Trinajstić information content (AvgIpc) is 2.64. The van der Waals surface area contributed by atoms with Crippen LogP contribution in [0.15, 0.2) is 60.7 Å². The molecule has 4 nitrogen and oxygen atoms in total. The standard InChI is InChI=1S/C18H23NO.C3H6O2/c1-15(14-19-2)18(20,17-11-7-4-8-12-17)13-16-9-5-3-6-10-16;1-2-3(4)5/h3-12,15,19-20H,13-14H2,1-2H3;2H2,1H3,(H,4,5). The van der Waals surface area contributed by atoms with E-state index in [0.29, 0.717) is 6.42 Å². The predicted octanol–water partition coefficient (Wildman–Crippen LogP) is 3.45. The lowest BCUT2D eigenvalue weighted by Crippen LogP contribution is -2.40. The molecule has 0 amide bonds. The van der Waals surface area contributed by atoms with Crippen LogP contribution in [0.1, 0.15) is 31.4 Å². The highest BCUT2D eigenvalue weighted by Gasteiger charge is 2.35. The third-order valence-corrected chi connectivity index (χ3v) is 4.22. The van der Waals surface area contributed by atoms with Gasteiger partial charge in [-0.15, -0.1) is 0 Å². The summed E-state index contributed by atoms with van der Waals surface area (Å²) in [4.78, 5) is 9.37. The summed E-state index contributed by atoms with van der Waals surface area (Å²) in [6.45, 7) is 4.47. The summed E-state index contributed by atoms with van der Waals surface area (Å²) in [5, 5.41) is 22.2. The van der Waals surface area contributed by atoms with Crippen molar-refractivity contribution < 1.29 is 15.0 Å². The monoisotopic (exact) mass is 343 g/mol. The van der Waals surface area contributed by atoms with Crippen LogP contribution in [-0.2, 0) is 16.8 Å². The first-order valence-electron chi connectivity index (χ1n) is 8.62. The molecule has 0 fully saturated rings. The fraction of sp³-hybridized carbons (Fsp3) is 0.381. The van der Waals surface area contributed by atoms with Gasteiger partial charge >= 0.3 is 5.97 Å². The van der Waals surface area contributed by atoms with Crippen LogP contribution in [0.2, 0.25) is 0 Å². The van der Waals surface area contributed by atoms with Crippen LogP contribution >= 0.6 is 0 Å². The number of carboxylic acids is 1. The maximum atomic E-state index is 11.3. The lowest BCUT2D eigenvalue weighted by molar-refractivity contribution is -0.136. The zero-order valence-corrected chi connectivity index (χ0v) is 15.3. The van der Waals surface area contributed by atoms with Gasteiger partial charge in [-0.05, 0) is 18.2 Å². The van der Waals surface area contributed by atoms with E-state index < -0.39 is 11.6 Å². The van der Waals surface area contributed by atoms with E-state index in [9.17, 15) is 9.90 Å². The molecule has 2 atom stereocenters. The van der Waals surface area contributed by atoms with E-state index in [-0.39, 0.29) is 12.3 Å². The van der Waals surface area contributed by atoms with E-state index in [2.05, 4.69) is 24.4 Å². The van der Waals surface area contributed by atoms with Crippen LogP contribution in [0.25, 0.3) is 0 Å². The molecular formula is C21H29NO3. The van der Waals surface area contributed by atoms with Crippen LogP contribution in [0.3, 0.4) is 0 Å². The molecule has 0 bridgehead atoms. The first-order valence-corrected chi connectivity index (χ1v) is 8.62. The van der Waals surface area contributed by atoms with E-state index in [0.717, 1.165) is 17.7 Å². The smallest absolute Gasteiger partial charge is 0.303 e. The van der Waals surface area contributed by atoms with Crippen molar-refractivity contribution in [3.05, 3.63) is 71.8 Å². The van der Waals surface area contributed by atoms with Crippen LogP contribution in [0, 0.1) is 5.92 Å². The summed E-state index contributed by atoms with van der Waals surface area (Å²) < 4.78 is 0. The number of carbonyl (C=O) groups is 1. The van der Waals surface area contributed by atoms with Gasteiger partial charge < -0.3 is 15.5 Å². The van der Waals surface area contributed by atoms with Crippen molar-refractivity contribution in [3.8, 4) is 0 Å². The zero-order valence-electron chi connectivity index (χ0n) is 15.3. The van der Waals surface area contributed by atoms with Gasteiger partial charge in [0.1, 0.15) is 0 Å². The highest BCUT2D eigenvalue weighted by atomic mass is 16.4. The minimum atomic E-state index is -0.856. The molecule has 0 heterocycles. The maximum absolute atomic E-state index is 11.3. The Morgan fingerprint density at radius 1 is 1.08 bits per heavy atom. The minimum Gasteiger partial charge on any atom is -0.481 e. The SMILES string of the molecule is CCC(=O)O.CNCC(C)C(O)(Cc1ccccc1)c1ccccc1. The van der Waals surface area contributed by atoms with Crippen LogP contribution in [-0.4, -0.2) is 29.8 Å². The second kappa shape index (κ2) is 10.6. The minimum absolute atomic E-state index is 0.120. The normalized spacial score (nSPS) is 13.9. The number of hydrogen-bond acceptors (Lipinski definition) is 3. The van der Waals surface area contributed by atoms with Crippen LogP contribution < -0.4 is 5.32 Å². The molecule has 0 saturated heterocycles. The predicted molar refractivity (Wildman–Crippen MR) is 102 cm³/mol. The first-order chi connectivity index (χ1) is 11.9. The Hall–Kier alpha value is -2.17. The third kappa shape index (κ3) is 6.69. The molecule has 2 unspecified atom stereocenters. The molecule has 0 spiro atoms. The Morgan fingerprint density at radius 2 is 1.56 bits per heavy atom. The topological polar surface area (TPSA) is 69.6 Å². The van der Waals surface area contributed by atoms with Gasteiger partial charge in [-0.1, -0.05) is 74.5 Å². The van der Waals surface area contributed by atoms with Gasteiger partial charge in [-0.3, -0.25) is 4.79 Å². The molecule has 0 aliphatic heterocycles. The number of benzene rings is 2. The quantitative estimate of drug-likeness (QED) is 0.720. The lowest BCUT2D eigenvalue weighted by atomic mass is 9.78. The van der Waals surface area contributed by atoms with E-state index in [1.54, 1.807) is 6.92 Å². The second-order valence-electron chi connectivity index (χ2n) is 6.16. The van der Waals surface area contributed by atoms with E-state index in [1.165, 1.54) is 0 Å². The molecule has 0 aliphatic carbocycles. The fourth-order valence-electron chi connectivity index (χ4n) is 2.67. The summed E-state index contributed by atoms with van der Waals surface area (Å²) in [6, 6.07) is 20.1. The number of nitrogens with one attached hydrogen (secondary N) is 1. The molecule has 3 N–H and O–H groups in total. The van der Waals surface area contributed by atoms with E-state index in [1.807, 2.05) is 55.6 Å².